The topological polar surface area (TPSA) is 125 Å². The van der Waals surface area contributed by atoms with E-state index in [1.165, 1.54) is 6.26 Å². The van der Waals surface area contributed by atoms with Crippen LogP contribution in [-0.4, -0.2) is 39.9 Å². The summed E-state index contributed by atoms with van der Waals surface area (Å²) in [6.45, 7) is 1.83. The summed E-state index contributed by atoms with van der Waals surface area (Å²) in [6, 6.07) is 10.1. The van der Waals surface area contributed by atoms with Gasteiger partial charge in [0.25, 0.3) is 5.91 Å². The van der Waals surface area contributed by atoms with Crippen molar-refractivity contribution in [3.05, 3.63) is 59.6 Å². The third-order valence-electron chi connectivity index (χ3n) is 5.48. The van der Waals surface area contributed by atoms with Gasteiger partial charge in [-0.3, -0.25) is 9.59 Å². The number of nitrogens with zero attached hydrogens (tertiary/aromatic N) is 2. The Morgan fingerprint density at radius 2 is 2.09 bits per heavy atom. The number of benzene rings is 1. The van der Waals surface area contributed by atoms with Crippen LogP contribution >= 0.6 is 11.6 Å². The predicted octanol–water partition coefficient (Wildman–Crippen LogP) is 4.06. The summed E-state index contributed by atoms with van der Waals surface area (Å²) >= 11 is 6.40. The van der Waals surface area contributed by atoms with E-state index in [0.29, 0.717) is 51.3 Å². The monoisotopic (exact) mass is 464 g/mol. The molecule has 0 radical (unpaired) electrons. The Balaban J connectivity index is 1.35. The molecule has 0 unspecified atom stereocenters. The number of furan rings is 1. The van der Waals surface area contributed by atoms with Gasteiger partial charge < -0.3 is 25.4 Å². The molecule has 4 heterocycles. The third kappa shape index (κ3) is 4.74. The first kappa shape index (κ1) is 21.2. The molecule has 2 amide bonds. The molecule has 4 N–H and O–H groups in total. The van der Waals surface area contributed by atoms with Gasteiger partial charge in [-0.25, -0.2) is 9.97 Å². The van der Waals surface area contributed by atoms with Gasteiger partial charge in [-0.1, -0.05) is 11.6 Å². The van der Waals surface area contributed by atoms with Crippen molar-refractivity contribution < 1.29 is 14.0 Å². The number of amides is 2. The summed E-state index contributed by atoms with van der Waals surface area (Å²) in [4.78, 5) is 36.7. The maximum atomic E-state index is 12.3. The van der Waals surface area contributed by atoms with E-state index in [2.05, 4.69) is 30.9 Å². The molecule has 4 aromatic rings. The van der Waals surface area contributed by atoms with Crippen molar-refractivity contribution >= 4 is 46.0 Å². The van der Waals surface area contributed by atoms with Crippen molar-refractivity contribution in [1.29, 1.82) is 0 Å². The van der Waals surface area contributed by atoms with Crippen LogP contribution in [0.15, 0.2) is 53.3 Å². The van der Waals surface area contributed by atoms with Gasteiger partial charge in [-0.05, 0) is 61.8 Å². The maximum Gasteiger partial charge on any atom is 0.291 e. The summed E-state index contributed by atoms with van der Waals surface area (Å²) in [5.74, 6) is 0.666. The Morgan fingerprint density at radius 3 is 2.88 bits per heavy atom. The van der Waals surface area contributed by atoms with E-state index in [1.54, 1.807) is 42.6 Å². The fourth-order valence-corrected chi connectivity index (χ4v) is 4.05. The molecule has 9 nitrogen and oxygen atoms in total. The molecular formula is C23H21ClN6O3. The van der Waals surface area contributed by atoms with E-state index >= 15 is 0 Å². The van der Waals surface area contributed by atoms with Gasteiger partial charge in [0, 0.05) is 17.7 Å². The van der Waals surface area contributed by atoms with Gasteiger partial charge in [0.2, 0.25) is 5.91 Å². The SMILES string of the molecule is O=C(C[C@H]1CCNC1)Nc1cnc2nc(-c3cc(NC(=O)c4ccco4)ccc3Cl)[nH]c2c1. The first-order valence-electron chi connectivity index (χ1n) is 10.6. The van der Waals surface area contributed by atoms with Crippen molar-refractivity contribution in [3.8, 4) is 11.4 Å². The van der Waals surface area contributed by atoms with Crippen molar-refractivity contribution in [1.82, 2.24) is 20.3 Å². The highest BCUT2D eigenvalue weighted by molar-refractivity contribution is 6.33. The standard InChI is InChI=1S/C23H21ClN6O3/c24-17-4-3-14(28-23(32)19-2-1-7-33-19)9-16(17)21-29-18-10-15(12-26-22(18)30-21)27-20(31)8-13-5-6-25-11-13/h1-4,7,9-10,12-13,25H,5-6,8,11H2,(H,27,31)(H,28,32)(H,26,29,30)/t13-/m1/s1. The number of hydrogen-bond donors (Lipinski definition) is 4. The zero-order valence-electron chi connectivity index (χ0n) is 17.5. The molecule has 1 aliphatic rings. The second-order valence-corrected chi connectivity index (χ2v) is 8.32. The number of anilines is 2. The third-order valence-corrected chi connectivity index (χ3v) is 5.81. The van der Waals surface area contributed by atoms with E-state index < -0.39 is 0 Å². The number of H-pyrrole nitrogens is 1. The molecule has 1 fully saturated rings. The Hall–Kier alpha value is -3.69. The molecule has 1 aliphatic heterocycles. The molecule has 0 saturated carbocycles. The van der Waals surface area contributed by atoms with Crippen LogP contribution in [0.3, 0.4) is 0 Å². The Bertz CT molecular complexity index is 1310. The molecular weight excluding hydrogens is 444 g/mol. The summed E-state index contributed by atoms with van der Waals surface area (Å²) in [7, 11) is 0. The van der Waals surface area contributed by atoms with Crippen molar-refractivity contribution in [2.45, 2.75) is 12.8 Å². The van der Waals surface area contributed by atoms with Crippen LogP contribution in [0.5, 0.6) is 0 Å². The average molecular weight is 465 g/mol. The van der Waals surface area contributed by atoms with Crippen molar-refractivity contribution in [2.75, 3.05) is 23.7 Å². The Kier molecular flexibility index (Phi) is 5.80. The minimum atomic E-state index is -0.367. The quantitative estimate of drug-likeness (QED) is 0.341. The molecule has 1 atom stereocenters. The number of carbonyl (C=O) groups is 2. The number of nitrogens with one attached hydrogen (secondary N) is 4. The summed E-state index contributed by atoms with van der Waals surface area (Å²) in [5, 5.41) is 9.41. The van der Waals surface area contributed by atoms with Gasteiger partial charge >= 0.3 is 0 Å². The lowest BCUT2D eigenvalue weighted by molar-refractivity contribution is -0.116. The van der Waals surface area contributed by atoms with Crippen LogP contribution in [0.4, 0.5) is 11.4 Å². The maximum absolute atomic E-state index is 12.3. The number of fused-ring (bicyclic) bond motifs is 1. The highest BCUT2D eigenvalue weighted by Crippen LogP contribution is 2.30. The number of aromatic amines is 1. The molecule has 1 aromatic carbocycles. The molecule has 0 aliphatic carbocycles. The first-order chi connectivity index (χ1) is 16.0. The van der Waals surface area contributed by atoms with Crippen LogP contribution in [0, 0.1) is 5.92 Å². The fraction of sp³-hybridized carbons (Fsp3) is 0.217. The number of pyridine rings is 1. The smallest absolute Gasteiger partial charge is 0.291 e. The summed E-state index contributed by atoms with van der Waals surface area (Å²) in [5.41, 5.74) is 2.89. The fourth-order valence-electron chi connectivity index (χ4n) is 3.84. The second kappa shape index (κ2) is 9.05. The zero-order valence-corrected chi connectivity index (χ0v) is 18.3. The van der Waals surface area contributed by atoms with Gasteiger partial charge in [-0.2, -0.15) is 0 Å². The molecule has 5 rings (SSSR count). The van der Waals surface area contributed by atoms with E-state index in [0.717, 1.165) is 19.5 Å². The number of rotatable bonds is 6. The minimum absolute atomic E-state index is 0.0346. The Labute approximate surface area is 193 Å². The van der Waals surface area contributed by atoms with Gasteiger partial charge in [0.1, 0.15) is 5.82 Å². The number of hydrogen-bond acceptors (Lipinski definition) is 6. The number of carbonyl (C=O) groups excluding carboxylic acids is 2. The molecule has 1 saturated heterocycles. The van der Waals surface area contributed by atoms with Crippen molar-refractivity contribution in [2.24, 2.45) is 5.92 Å². The average Bonchev–Trinajstić information content (AvgIpc) is 3.56. The first-order valence-corrected chi connectivity index (χ1v) is 10.9. The lowest BCUT2D eigenvalue weighted by atomic mass is 10.0. The van der Waals surface area contributed by atoms with Gasteiger partial charge in [0.05, 0.1) is 28.7 Å². The molecule has 0 spiro atoms. The van der Waals surface area contributed by atoms with Gasteiger partial charge in [-0.15, -0.1) is 0 Å². The lowest BCUT2D eigenvalue weighted by Crippen LogP contribution is -2.18. The van der Waals surface area contributed by atoms with E-state index in [9.17, 15) is 9.59 Å². The summed E-state index contributed by atoms with van der Waals surface area (Å²) in [6.07, 6.45) is 4.51. The number of halogens is 1. The molecule has 10 heteroatoms. The Morgan fingerprint density at radius 1 is 1.18 bits per heavy atom. The highest BCUT2D eigenvalue weighted by Gasteiger charge is 2.19. The van der Waals surface area contributed by atoms with E-state index in [-0.39, 0.29) is 17.6 Å². The van der Waals surface area contributed by atoms with Crippen LogP contribution in [0.25, 0.3) is 22.6 Å². The number of imidazole rings is 1. The molecule has 33 heavy (non-hydrogen) atoms. The zero-order chi connectivity index (χ0) is 22.8. The van der Waals surface area contributed by atoms with E-state index in [1.807, 2.05) is 0 Å². The van der Waals surface area contributed by atoms with Crippen LogP contribution in [0.2, 0.25) is 5.02 Å². The molecule has 0 bridgehead atoms. The molecule has 168 valence electrons. The molecule has 3 aromatic heterocycles. The van der Waals surface area contributed by atoms with Crippen molar-refractivity contribution in [3.63, 3.8) is 0 Å². The normalized spacial score (nSPS) is 15.6. The van der Waals surface area contributed by atoms with Crippen LogP contribution < -0.4 is 16.0 Å². The van der Waals surface area contributed by atoms with Crippen LogP contribution in [0.1, 0.15) is 23.4 Å². The highest BCUT2D eigenvalue weighted by atomic mass is 35.5. The number of aromatic nitrogens is 3. The second-order valence-electron chi connectivity index (χ2n) is 7.92. The minimum Gasteiger partial charge on any atom is -0.459 e. The van der Waals surface area contributed by atoms with Gasteiger partial charge in [0.15, 0.2) is 11.4 Å². The van der Waals surface area contributed by atoms with Crippen LogP contribution in [-0.2, 0) is 4.79 Å². The summed E-state index contributed by atoms with van der Waals surface area (Å²) < 4.78 is 5.12. The largest absolute Gasteiger partial charge is 0.459 e. The predicted molar refractivity (Wildman–Crippen MR) is 125 cm³/mol. The lowest BCUT2D eigenvalue weighted by Gasteiger charge is -2.08. The van der Waals surface area contributed by atoms with E-state index in [4.69, 9.17) is 16.0 Å².